The molecular weight excluding hydrogens is 504 g/mol. The quantitative estimate of drug-likeness (QED) is 0.145. The van der Waals surface area contributed by atoms with Gasteiger partial charge in [-0.2, -0.15) is 0 Å². The Morgan fingerprint density at radius 2 is 2.05 bits per heavy atom. The van der Waals surface area contributed by atoms with E-state index in [-0.39, 0.29) is 36.3 Å². The summed E-state index contributed by atoms with van der Waals surface area (Å²) in [6.07, 6.45) is 4.44. The molecule has 1 aromatic carbocycles. The van der Waals surface area contributed by atoms with E-state index in [0.717, 1.165) is 36.6 Å². The molecular formula is C28H28N4O7. The molecule has 0 fully saturated rings. The second-order valence-electron chi connectivity index (χ2n) is 9.66. The number of nitrogens with zero attached hydrogens (tertiary/aromatic N) is 3. The Hall–Kier alpha value is -4.34. The van der Waals surface area contributed by atoms with Gasteiger partial charge in [-0.1, -0.05) is 19.8 Å². The fourth-order valence-corrected chi connectivity index (χ4v) is 5.08. The smallest absolute Gasteiger partial charge is 0.412 e. The van der Waals surface area contributed by atoms with Gasteiger partial charge in [-0.05, 0) is 49.6 Å². The number of esters is 1. The number of aromatic nitrogens is 2. The van der Waals surface area contributed by atoms with E-state index >= 15 is 0 Å². The van der Waals surface area contributed by atoms with Crippen molar-refractivity contribution < 1.29 is 29.0 Å². The highest BCUT2D eigenvalue weighted by molar-refractivity contribution is 5.87. The normalized spacial score (nSPS) is 17.0. The van der Waals surface area contributed by atoms with Crippen LogP contribution in [0.4, 0.5) is 4.79 Å². The second kappa shape index (κ2) is 10.8. The van der Waals surface area contributed by atoms with Crippen molar-refractivity contribution >= 4 is 29.0 Å². The molecule has 0 spiro atoms. The highest BCUT2D eigenvalue weighted by Crippen LogP contribution is 2.38. The molecule has 0 saturated carbocycles. The van der Waals surface area contributed by atoms with Crippen LogP contribution in [-0.4, -0.2) is 45.9 Å². The summed E-state index contributed by atoms with van der Waals surface area (Å²) < 4.78 is 12.1. The summed E-state index contributed by atoms with van der Waals surface area (Å²) in [6.45, 7) is 2.71. The third kappa shape index (κ3) is 4.94. The van der Waals surface area contributed by atoms with Gasteiger partial charge in [-0.25, -0.2) is 24.4 Å². The third-order valence-electron chi connectivity index (χ3n) is 7.22. The molecule has 2 aromatic heterocycles. The van der Waals surface area contributed by atoms with Crippen LogP contribution in [0.1, 0.15) is 55.7 Å². The number of pyridine rings is 2. The summed E-state index contributed by atoms with van der Waals surface area (Å²) in [4.78, 5) is 56.1. The van der Waals surface area contributed by atoms with Crippen molar-refractivity contribution in [2.75, 3.05) is 13.1 Å². The van der Waals surface area contributed by atoms with Gasteiger partial charge in [0.25, 0.3) is 5.56 Å². The van der Waals surface area contributed by atoms with Crippen molar-refractivity contribution in [2.45, 2.75) is 57.8 Å². The van der Waals surface area contributed by atoms with Crippen molar-refractivity contribution in [2.24, 2.45) is 4.99 Å². The zero-order valence-electron chi connectivity index (χ0n) is 21.5. The summed E-state index contributed by atoms with van der Waals surface area (Å²) >= 11 is 0. The maximum absolute atomic E-state index is 13.3. The van der Waals surface area contributed by atoms with E-state index < -0.39 is 17.7 Å². The van der Waals surface area contributed by atoms with E-state index in [1.165, 1.54) is 6.08 Å². The first-order valence-electron chi connectivity index (χ1n) is 13.0. The number of carbonyl (C=O) groups is 2. The zero-order valence-corrected chi connectivity index (χ0v) is 21.5. The molecule has 11 nitrogen and oxygen atoms in total. The first-order valence-corrected chi connectivity index (χ1v) is 13.0. The van der Waals surface area contributed by atoms with Crippen LogP contribution in [0, 0.1) is 0 Å². The van der Waals surface area contributed by atoms with E-state index in [4.69, 9.17) is 14.5 Å². The Kier molecular flexibility index (Phi) is 7.28. The number of hydrogen-bond acceptors (Lipinski definition) is 9. The highest BCUT2D eigenvalue weighted by Gasteiger charge is 2.45. The van der Waals surface area contributed by atoms with E-state index in [1.54, 1.807) is 35.8 Å². The van der Waals surface area contributed by atoms with Gasteiger partial charge < -0.3 is 24.5 Å². The molecule has 5 rings (SSSR count). The molecule has 0 bridgehead atoms. The van der Waals surface area contributed by atoms with Crippen LogP contribution in [0.5, 0.6) is 5.75 Å². The standard InChI is InChI=1S/C28H28N4O7/c1-2-28(37)21-13-23-24-18(14-32(23)25(34)20(21)15-38-26(28)35)11-17-12-19(7-8-22(17)31-24)39-27(36)30-10-6-4-3-5-9-29-16-33/h7-8,11-13,37H,2-6,9-10,14-15H2,1H3,(H,30,36)/t28-/m1/s1. The van der Waals surface area contributed by atoms with Gasteiger partial charge in [-0.3, -0.25) is 4.79 Å². The van der Waals surface area contributed by atoms with Gasteiger partial charge in [0.05, 0.1) is 35.6 Å². The van der Waals surface area contributed by atoms with E-state index in [9.17, 15) is 24.3 Å². The summed E-state index contributed by atoms with van der Waals surface area (Å²) in [5.74, 6) is -0.398. The molecule has 3 aromatic rings. The summed E-state index contributed by atoms with van der Waals surface area (Å²) in [5, 5.41) is 14.5. The number of amides is 1. The van der Waals surface area contributed by atoms with Gasteiger partial charge in [0.2, 0.25) is 6.08 Å². The first-order chi connectivity index (χ1) is 18.9. The Balaban J connectivity index is 1.31. The molecule has 0 saturated heterocycles. The largest absolute Gasteiger partial charge is 0.458 e. The molecule has 0 radical (unpaired) electrons. The van der Waals surface area contributed by atoms with Crippen molar-refractivity contribution in [1.82, 2.24) is 14.9 Å². The molecule has 1 amide bonds. The Morgan fingerprint density at radius 1 is 1.23 bits per heavy atom. The van der Waals surface area contributed by atoms with E-state index in [0.29, 0.717) is 35.7 Å². The van der Waals surface area contributed by atoms with E-state index in [2.05, 4.69) is 10.3 Å². The highest BCUT2D eigenvalue weighted by atomic mass is 16.6. The molecule has 2 aliphatic rings. The molecule has 202 valence electrons. The monoisotopic (exact) mass is 532 g/mol. The molecule has 39 heavy (non-hydrogen) atoms. The number of isocyanates is 1. The lowest BCUT2D eigenvalue weighted by molar-refractivity contribution is -0.172. The molecule has 0 aliphatic carbocycles. The molecule has 2 N–H and O–H groups in total. The number of aliphatic hydroxyl groups is 1. The number of fused-ring (bicyclic) bond motifs is 5. The molecule has 0 unspecified atom stereocenters. The minimum Gasteiger partial charge on any atom is -0.458 e. The van der Waals surface area contributed by atoms with Gasteiger partial charge >= 0.3 is 12.1 Å². The maximum Gasteiger partial charge on any atom is 0.412 e. The zero-order chi connectivity index (χ0) is 27.6. The van der Waals surface area contributed by atoms with Crippen LogP contribution in [-0.2, 0) is 33.1 Å². The maximum atomic E-state index is 13.3. The van der Waals surface area contributed by atoms with Crippen molar-refractivity contribution in [3.63, 3.8) is 0 Å². The van der Waals surface area contributed by atoms with Crippen LogP contribution in [0.3, 0.4) is 0 Å². The summed E-state index contributed by atoms with van der Waals surface area (Å²) in [7, 11) is 0. The molecule has 1 atom stereocenters. The fourth-order valence-electron chi connectivity index (χ4n) is 5.08. The lowest BCUT2D eigenvalue weighted by Crippen LogP contribution is -2.44. The number of hydrogen-bond donors (Lipinski definition) is 2. The fraction of sp³-hybridized carbons (Fsp3) is 0.393. The lowest BCUT2D eigenvalue weighted by atomic mass is 9.86. The second-order valence-corrected chi connectivity index (χ2v) is 9.66. The minimum atomic E-state index is -1.87. The van der Waals surface area contributed by atoms with Crippen LogP contribution in [0.25, 0.3) is 22.3 Å². The van der Waals surface area contributed by atoms with Gasteiger partial charge in [0.15, 0.2) is 5.60 Å². The molecule has 2 aliphatic heterocycles. The summed E-state index contributed by atoms with van der Waals surface area (Å²) in [6, 6.07) is 8.67. The molecule has 4 heterocycles. The number of aliphatic imine (C=N–C) groups is 1. The first kappa shape index (κ1) is 26.3. The average Bonchev–Trinajstić information content (AvgIpc) is 3.29. The predicted molar refractivity (Wildman–Crippen MR) is 140 cm³/mol. The van der Waals surface area contributed by atoms with Crippen molar-refractivity contribution in [3.8, 4) is 17.1 Å². The van der Waals surface area contributed by atoms with Crippen LogP contribution in [0.15, 0.2) is 40.1 Å². The van der Waals surface area contributed by atoms with Crippen molar-refractivity contribution in [1.29, 1.82) is 0 Å². The third-order valence-corrected chi connectivity index (χ3v) is 7.22. The number of unbranched alkanes of at least 4 members (excludes halogenated alkanes) is 3. The van der Waals surface area contributed by atoms with E-state index in [1.807, 2.05) is 6.07 Å². The topological polar surface area (TPSA) is 149 Å². The van der Waals surface area contributed by atoms with Crippen LogP contribution in [0.2, 0.25) is 0 Å². The molecule has 11 heteroatoms. The van der Waals surface area contributed by atoms with Crippen LogP contribution < -0.4 is 15.6 Å². The number of carbonyl (C=O) groups excluding carboxylic acids is 3. The number of benzene rings is 1. The van der Waals surface area contributed by atoms with Gasteiger partial charge in [0.1, 0.15) is 12.4 Å². The van der Waals surface area contributed by atoms with Crippen LogP contribution >= 0.6 is 0 Å². The van der Waals surface area contributed by atoms with Gasteiger partial charge in [0, 0.05) is 23.1 Å². The number of rotatable bonds is 9. The number of ether oxygens (including phenoxy) is 2. The predicted octanol–water partition coefficient (Wildman–Crippen LogP) is 3.06. The SMILES string of the molecule is CC[C@]1(O)C(=O)OCc2c1cc1n(c2=O)Cc2cc3cc(OC(=O)NCCCCCCN=C=O)ccc3nc2-1. The number of cyclic esters (lactones) is 1. The Morgan fingerprint density at radius 3 is 2.85 bits per heavy atom. The Labute approximate surface area is 223 Å². The number of nitrogens with one attached hydrogen (secondary N) is 1. The lowest BCUT2D eigenvalue weighted by Gasteiger charge is -2.31. The summed E-state index contributed by atoms with van der Waals surface area (Å²) in [5.41, 5.74) is 0.930. The Bertz CT molecular complexity index is 1570. The van der Waals surface area contributed by atoms with Crippen molar-refractivity contribution in [3.05, 3.63) is 57.4 Å². The minimum absolute atomic E-state index is 0.0775. The van der Waals surface area contributed by atoms with Gasteiger partial charge in [-0.15, -0.1) is 0 Å². The average molecular weight is 533 g/mol.